The van der Waals surface area contributed by atoms with Gasteiger partial charge in [-0.3, -0.25) is 0 Å². The summed E-state index contributed by atoms with van der Waals surface area (Å²) in [7, 11) is -2.85. The number of nitrogen functional groups attached to an aromatic ring is 1. The van der Waals surface area contributed by atoms with E-state index in [0.717, 1.165) is 38.7 Å². The highest BCUT2D eigenvalue weighted by atomic mass is 79.9. The lowest BCUT2D eigenvalue weighted by Crippen LogP contribution is -2.68. The second-order valence-electron chi connectivity index (χ2n) is 10.9. The number of benzene rings is 4. The molecule has 0 aliphatic heterocycles. The number of nitrogens with two attached hydrogens (primary N) is 1. The van der Waals surface area contributed by atoms with Crippen LogP contribution in [0.25, 0.3) is 10.2 Å². The number of nitrogens with zero attached hydrogens (tertiary/aromatic N) is 1. The summed E-state index contributed by atoms with van der Waals surface area (Å²) in [5, 5.41) is 7.17. The molecule has 0 aliphatic rings. The van der Waals surface area contributed by atoms with E-state index in [4.69, 9.17) is 26.7 Å². The second-order valence-corrected chi connectivity index (χ2v) is 17.9. The van der Waals surface area contributed by atoms with Crippen LogP contribution in [0.15, 0.2) is 97.1 Å². The summed E-state index contributed by atoms with van der Waals surface area (Å²) >= 11 is 11.7. The summed E-state index contributed by atoms with van der Waals surface area (Å²) in [5.74, 6) is 0.750. The Morgan fingerprint density at radius 2 is 1.55 bits per heavy atom. The van der Waals surface area contributed by atoms with Crippen LogP contribution in [0.2, 0.25) is 10.1 Å². The van der Waals surface area contributed by atoms with E-state index in [1.807, 2.05) is 18.2 Å². The number of hydrogen-bond donors (Lipinski definition) is 2. The first-order valence-corrected chi connectivity index (χ1v) is 17.3. The molecule has 4 aromatic carbocycles. The molecule has 40 heavy (non-hydrogen) atoms. The summed E-state index contributed by atoms with van der Waals surface area (Å²) < 4.78 is 8.38. The van der Waals surface area contributed by atoms with Gasteiger partial charge in [0.1, 0.15) is 11.3 Å². The lowest BCUT2D eigenvalue weighted by atomic mass is 10.1. The fourth-order valence-corrected chi connectivity index (χ4v) is 11.1. The number of anilines is 2. The maximum Gasteiger partial charge on any atom is 0.320 e. The van der Waals surface area contributed by atoms with Crippen molar-refractivity contribution >= 4 is 78.6 Å². The van der Waals surface area contributed by atoms with Crippen molar-refractivity contribution < 1.29 is 4.43 Å². The van der Waals surface area contributed by atoms with E-state index in [2.05, 4.69) is 121 Å². The van der Waals surface area contributed by atoms with Crippen molar-refractivity contribution in [1.29, 1.82) is 0 Å². The van der Waals surface area contributed by atoms with Gasteiger partial charge < -0.3 is 15.5 Å². The highest BCUT2D eigenvalue weighted by molar-refractivity contribution is 9.09. The first-order chi connectivity index (χ1) is 19.2. The molecule has 0 radical (unpaired) electrons. The van der Waals surface area contributed by atoms with Gasteiger partial charge in [0.2, 0.25) is 0 Å². The molecule has 0 saturated carbocycles. The van der Waals surface area contributed by atoms with Crippen molar-refractivity contribution in [2.75, 3.05) is 17.6 Å². The molecule has 1 unspecified atom stereocenters. The van der Waals surface area contributed by atoms with Gasteiger partial charge in [0.15, 0.2) is 5.13 Å². The number of thiazole rings is 1. The molecule has 1 aromatic heterocycles. The smallest absolute Gasteiger partial charge is 0.320 e. The number of halogens is 2. The normalized spacial score (nSPS) is 12.8. The summed E-state index contributed by atoms with van der Waals surface area (Å²) in [5.41, 5.74) is 9.11. The Bertz CT molecular complexity index is 1550. The second kappa shape index (κ2) is 11.9. The molecule has 5 rings (SSSR count). The number of rotatable bonds is 9. The van der Waals surface area contributed by atoms with Gasteiger partial charge in [-0.2, -0.15) is 0 Å². The third-order valence-electron chi connectivity index (χ3n) is 7.08. The van der Waals surface area contributed by atoms with Crippen LogP contribution >= 0.6 is 38.9 Å². The van der Waals surface area contributed by atoms with Gasteiger partial charge in [0.25, 0.3) is 0 Å². The molecule has 0 spiro atoms. The Labute approximate surface area is 254 Å². The first-order valence-electron chi connectivity index (χ1n) is 13.3. The van der Waals surface area contributed by atoms with E-state index in [-0.39, 0.29) is 9.87 Å². The van der Waals surface area contributed by atoms with E-state index >= 15 is 0 Å². The van der Waals surface area contributed by atoms with Crippen LogP contribution < -0.4 is 25.8 Å². The maximum atomic E-state index is 7.38. The molecule has 0 bridgehead atoms. The van der Waals surface area contributed by atoms with E-state index in [9.17, 15) is 0 Å². The van der Waals surface area contributed by atoms with Gasteiger partial charge in [0, 0.05) is 28.1 Å². The number of fused-ring (bicyclic) bond motifs is 1. The van der Waals surface area contributed by atoms with Gasteiger partial charge in [-0.1, -0.05) is 139 Å². The van der Waals surface area contributed by atoms with E-state index in [1.165, 1.54) is 21.7 Å². The fraction of sp³-hybridized carbons (Fsp3) is 0.219. The van der Waals surface area contributed by atoms with Crippen LogP contribution in [0, 0.1) is 0 Å². The highest BCUT2D eigenvalue weighted by Crippen LogP contribution is 2.41. The summed E-state index contributed by atoms with van der Waals surface area (Å²) in [6, 6.07) is 33.4. The van der Waals surface area contributed by atoms with Crippen molar-refractivity contribution in [2.45, 2.75) is 37.1 Å². The first kappa shape index (κ1) is 28.7. The minimum Gasteiger partial charge on any atom is -0.532 e. The number of nitrogens with one attached hydrogen (secondary N) is 1. The molecule has 8 heteroatoms. The molecule has 0 amide bonds. The standard InChI is InChI=1S/C32H33BrClN3OSSi/c1-32(2,3)40(25-13-6-4-7-14-25,26-15-8-5-9-16-26)38-28-19-24(20-29-30(28)37-31(35)39-29)36-21-23(33)18-22-12-10-11-17-27(22)34/h4-17,19-20,23,36H,18,21H2,1-3H3,(H2,35,37). The summed E-state index contributed by atoms with van der Waals surface area (Å²) in [6.07, 6.45) is 0.813. The molecule has 5 aromatic rings. The highest BCUT2D eigenvalue weighted by Gasteiger charge is 2.52. The van der Waals surface area contributed by atoms with Gasteiger partial charge in [-0.25, -0.2) is 4.98 Å². The predicted octanol–water partition coefficient (Wildman–Crippen LogP) is 7.89. The molecule has 206 valence electrons. The van der Waals surface area contributed by atoms with E-state index in [0.29, 0.717) is 11.7 Å². The van der Waals surface area contributed by atoms with Crippen molar-refractivity contribution in [1.82, 2.24) is 4.98 Å². The van der Waals surface area contributed by atoms with Crippen molar-refractivity contribution in [3.63, 3.8) is 0 Å². The molecule has 0 aliphatic carbocycles. The molecule has 3 N–H and O–H groups in total. The van der Waals surface area contributed by atoms with Crippen LogP contribution in [0.4, 0.5) is 10.8 Å². The van der Waals surface area contributed by atoms with Crippen molar-refractivity contribution in [2.24, 2.45) is 0 Å². The minimum absolute atomic E-state index is 0.178. The van der Waals surface area contributed by atoms with Crippen LogP contribution in [0.3, 0.4) is 0 Å². The van der Waals surface area contributed by atoms with Crippen molar-refractivity contribution in [3.8, 4) is 5.75 Å². The Kier molecular flexibility index (Phi) is 8.57. The molecular formula is C32H33BrClN3OSSi. The molecule has 1 atom stereocenters. The largest absolute Gasteiger partial charge is 0.532 e. The van der Waals surface area contributed by atoms with Crippen LogP contribution in [0.1, 0.15) is 26.3 Å². The van der Waals surface area contributed by atoms with E-state index in [1.54, 1.807) is 0 Å². The Hall–Kier alpha value is -2.84. The average molecular weight is 651 g/mol. The Morgan fingerprint density at radius 1 is 0.950 bits per heavy atom. The van der Waals surface area contributed by atoms with Crippen LogP contribution in [-0.2, 0) is 6.42 Å². The lowest BCUT2D eigenvalue weighted by Gasteiger charge is -2.43. The third-order valence-corrected chi connectivity index (χ3v) is 13.9. The predicted molar refractivity (Wildman–Crippen MR) is 179 cm³/mol. The van der Waals surface area contributed by atoms with Gasteiger partial charge in [0.05, 0.1) is 4.70 Å². The van der Waals surface area contributed by atoms with Gasteiger partial charge in [-0.05, 0) is 39.5 Å². The van der Waals surface area contributed by atoms with Crippen LogP contribution in [-0.4, -0.2) is 24.7 Å². The zero-order chi connectivity index (χ0) is 28.3. The summed E-state index contributed by atoms with van der Waals surface area (Å²) in [4.78, 5) is 4.90. The minimum atomic E-state index is -2.85. The fourth-order valence-electron chi connectivity index (χ4n) is 5.21. The van der Waals surface area contributed by atoms with Gasteiger partial charge in [-0.15, -0.1) is 0 Å². The van der Waals surface area contributed by atoms with Crippen molar-refractivity contribution in [3.05, 3.63) is 108 Å². The average Bonchev–Trinajstić information content (AvgIpc) is 3.32. The quantitative estimate of drug-likeness (QED) is 0.126. The van der Waals surface area contributed by atoms with Crippen LogP contribution in [0.5, 0.6) is 5.75 Å². The molecule has 4 nitrogen and oxygen atoms in total. The Balaban J connectivity index is 1.55. The number of aromatic nitrogens is 1. The molecule has 1 heterocycles. The third kappa shape index (κ3) is 5.93. The zero-order valence-corrected chi connectivity index (χ0v) is 27.0. The zero-order valence-electron chi connectivity index (χ0n) is 22.8. The maximum absolute atomic E-state index is 7.38. The monoisotopic (exact) mass is 649 g/mol. The number of alkyl halides is 1. The summed E-state index contributed by atoms with van der Waals surface area (Å²) in [6.45, 7) is 7.54. The topological polar surface area (TPSA) is 60.2 Å². The number of hydrogen-bond acceptors (Lipinski definition) is 5. The molecular weight excluding hydrogens is 618 g/mol. The SMILES string of the molecule is CC(C)(C)[Si](Oc1cc(NCC(Br)Cc2ccccc2Cl)cc2sc(N)nc12)(c1ccccc1)c1ccccc1. The molecule has 0 fully saturated rings. The Morgan fingerprint density at radius 3 is 2.15 bits per heavy atom. The van der Waals surface area contributed by atoms with Gasteiger partial charge >= 0.3 is 8.32 Å². The van der Waals surface area contributed by atoms with E-state index < -0.39 is 8.32 Å². The molecule has 0 saturated heterocycles. The lowest BCUT2D eigenvalue weighted by molar-refractivity contribution is 0.512.